The third-order valence-electron chi connectivity index (χ3n) is 3.53. The first-order valence-corrected chi connectivity index (χ1v) is 9.63. The van der Waals surface area contributed by atoms with Crippen LogP contribution < -0.4 is 0 Å². The third-order valence-corrected chi connectivity index (χ3v) is 5.92. The van der Waals surface area contributed by atoms with Crippen LogP contribution in [0.15, 0.2) is 29.3 Å². The van der Waals surface area contributed by atoms with Gasteiger partial charge in [0.25, 0.3) is 0 Å². The first-order chi connectivity index (χ1) is 10.00. The minimum absolute atomic E-state index is 0.0779. The van der Waals surface area contributed by atoms with E-state index in [9.17, 15) is 5.11 Å². The number of thiol groups is 1. The summed E-state index contributed by atoms with van der Waals surface area (Å²) >= 11 is 7.74. The van der Waals surface area contributed by atoms with Crippen molar-refractivity contribution in [1.82, 2.24) is 4.90 Å². The number of benzene rings is 1. The van der Waals surface area contributed by atoms with Gasteiger partial charge in [0.1, 0.15) is 15.7 Å². The van der Waals surface area contributed by atoms with Crippen LogP contribution in [0.5, 0.6) is 5.75 Å². The van der Waals surface area contributed by atoms with Crippen molar-refractivity contribution in [2.75, 3.05) is 32.1 Å². The van der Waals surface area contributed by atoms with Crippen LogP contribution in [0.3, 0.4) is 0 Å². The second-order valence-corrected chi connectivity index (χ2v) is 8.16. The predicted molar refractivity (Wildman–Crippen MR) is 99.3 cm³/mol. The average Bonchev–Trinajstić information content (AvgIpc) is 3.07. The van der Waals surface area contributed by atoms with Crippen molar-refractivity contribution in [3.63, 3.8) is 0 Å². The molecule has 1 aromatic carbocycles. The summed E-state index contributed by atoms with van der Waals surface area (Å²) in [5.74, 6) is 1.17. The number of rotatable bonds is 6. The summed E-state index contributed by atoms with van der Waals surface area (Å²) in [6, 6.07) is 7.39. The number of hydrogen-bond acceptors (Lipinski definition) is 6. The summed E-state index contributed by atoms with van der Waals surface area (Å²) in [5.41, 5.74) is 0.821. The zero-order chi connectivity index (χ0) is 15.5. The third kappa shape index (κ3) is 4.34. The fraction of sp³-hybridized carbons (Fsp3) is 0.533. The number of thioether (sulfide) groups is 2. The molecule has 0 aliphatic carbocycles. The molecule has 0 saturated carbocycles. The van der Waals surface area contributed by atoms with Gasteiger partial charge in [0.15, 0.2) is 0 Å². The van der Waals surface area contributed by atoms with Gasteiger partial charge in [-0.15, -0.1) is 23.5 Å². The molecular formula is C15H22N2OS3. The van der Waals surface area contributed by atoms with E-state index < -0.39 is 0 Å². The van der Waals surface area contributed by atoms with Crippen LogP contribution in [-0.4, -0.2) is 57.3 Å². The highest BCUT2D eigenvalue weighted by Gasteiger charge is 2.52. The van der Waals surface area contributed by atoms with Crippen LogP contribution in [0.4, 0.5) is 0 Å². The van der Waals surface area contributed by atoms with Crippen molar-refractivity contribution in [3.05, 3.63) is 29.8 Å². The lowest BCUT2D eigenvalue weighted by Gasteiger charge is -2.15. The smallest absolute Gasteiger partial charge is 0.125 e. The van der Waals surface area contributed by atoms with E-state index in [0.717, 1.165) is 29.4 Å². The van der Waals surface area contributed by atoms with Crippen molar-refractivity contribution < 1.29 is 5.11 Å². The Labute approximate surface area is 141 Å². The Balaban J connectivity index is 2.09. The summed E-state index contributed by atoms with van der Waals surface area (Å²) < 4.78 is 0. The lowest BCUT2D eigenvalue weighted by molar-refractivity contribution is 0.355. The summed E-state index contributed by atoms with van der Waals surface area (Å²) in [6.07, 6.45) is 2.00. The van der Waals surface area contributed by atoms with Crippen molar-refractivity contribution >= 4 is 41.2 Å². The fourth-order valence-electron chi connectivity index (χ4n) is 2.18. The maximum atomic E-state index is 9.99. The number of aromatic hydroxyl groups is 1. The van der Waals surface area contributed by atoms with Gasteiger partial charge in [0.2, 0.25) is 0 Å². The molecule has 1 heterocycles. The number of aliphatic imine (C=N–C) groups is 1. The molecule has 2 rings (SSSR count). The molecule has 1 saturated heterocycles. The lowest BCUT2D eigenvalue weighted by atomic mass is 10.2. The monoisotopic (exact) mass is 342 g/mol. The van der Waals surface area contributed by atoms with Gasteiger partial charge in [-0.2, -0.15) is 12.6 Å². The molecule has 1 aromatic rings. The molecule has 116 valence electrons. The zero-order valence-corrected chi connectivity index (χ0v) is 15.1. The Bertz CT molecular complexity index is 523. The summed E-state index contributed by atoms with van der Waals surface area (Å²) in [5, 5.41) is 11.4. The number of phenols is 1. The summed E-state index contributed by atoms with van der Waals surface area (Å²) in [6.45, 7) is 4.19. The molecule has 1 fully saturated rings. The summed E-state index contributed by atoms with van der Waals surface area (Å²) in [4.78, 5) is 7.12. The van der Waals surface area contributed by atoms with Crippen LogP contribution >= 0.6 is 36.2 Å². The predicted octanol–water partition coefficient (Wildman–Crippen LogP) is 3.20. The van der Waals surface area contributed by atoms with Gasteiger partial charge in [0.05, 0.1) is 5.25 Å². The molecule has 2 atom stereocenters. The van der Waals surface area contributed by atoms with Crippen LogP contribution in [0, 0.1) is 0 Å². The van der Waals surface area contributed by atoms with E-state index in [4.69, 9.17) is 4.99 Å². The summed E-state index contributed by atoms with van der Waals surface area (Å²) in [7, 11) is 2.12. The maximum absolute atomic E-state index is 9.99. The molecule has 0 radical (unpaired) electrons. The Morgan fingerprint density at radius 2 is 2.24 bits per heavy atom. The average molecular weight is 343 g/mol. The molecule has 0 spiro atoms. The molecule has 1 aliphatic heterocycles. The van der Waals surface area contributed by atoms with Crippen molar-refractivity contribution in [3.8, 4) is 5.75 Å². The molecule has 0 amide bonds. The van der Waals surface area contributed by atoms with E-state index in [1.807, 2.05) is 36.2 Å². The molecule has 1 aliphatic rings. The topological polar surface area (TPSA) is 35.8 Å². The molecule has 3 nitrogen and oxygen atoms in total. The number of hydrogen-bond donors (Lipinski definition) is 2. The highest BCUT2D eigenvalue weighted by molar-refractivity contribution is 8.14. The zero-order valence-electron chi connectivity index (χ0n) is 12.6. The van der Waals surface area contributed by atoms with Crippen molar-refractivity contribution in [1.29, 1.82) is 0 Å². The van der Waals surface area contributed by atoms with Crippen LogP contribution in [0.25, 0.3) is 0 Å². The quantitative estimate of drug-likeness (QED) is 0.360. The first kappa shape index (κ1) is 17.1. The highest BCUT2D eigenvalue weighted by atomic mass is 32.2. The molecule has 2 unspecified atom stereocenters. The second kappa shape index (κ2) is 7.31. The van der Waals surface area contributed by atoms with Gasteiger partial charge in [-0.05, 0) is 32.4 Å². The van der Waals surface area contributed by atoms with Gasteiger partial charge in [-0.1, -0.05) is 12.1 Å². The molecule has 0 bridgehead atoms. The van der Waals surface area contributed by atoms with Gasteiger partial charge in [-0.3, -0.25) is 4.99 Å². The van der Waals surface area contributed by atoms with E-state index in [-0.39, 0.29) is 4.87 Å². The van der Waals surface area contributed by atoms with Crippen molar-refractivity contribution in [2.24, 2.45) is 4.99 Å². The highest BCUT2D eigenvalue weighted by Crippen LogP contribution is 2.55. The Morgan fingerprint density at radius 1 is 1.52 bits per heavy atom. The van der Waals surface area contributed by atoms with E-state index in [0.29, 0.717) is 11.0 Å². The molecular weight excluding hydrogens is 320 g/mol. The minimum atomic E-state index is -0.0779. The second-order valence-electron chi connectivity index (χ2n) is 5.29. The van der Waals surface area contributed by atoms with Crippen LogP contribution in [0.2, 0.25) is 0 Å². The van der Waals surface area contributed by atoms with Gasteiger partial charge in [0, 0.05) is 24.4 Å². The minimum Gasteiger partial charge on any atom is -0.507 e. The standard InChI is InChI=1S/C15H22N2OS3/c1-15(13(21-15)10-17(2)8-9-19)16-14(20-3)11-6-4-5-7-12(11)18/h4-7,13,18-19H,8-10H2,1-3H3/b16-14-. The number of para-hydroxylation sites is 1. The van der Waals surface area contributed by atoms with E-state index >= 15 is 0 Å². The Hall–Kier alpha value is -0.300. The Morgan fingerprint density at radius 3 is 2.86 bits per heavy atom. The SMILES string of the molecule is CS/C(=N\C1(C)SC1CN(C)CCS)c1ccccc1O. The largest absolute Gasteiger partial charge is 0.507 e. The first-order valence-electron chi connectivity index (χ1n) is 6.89. The van der Waals surface area contributed by atoms with Gasteiger partial charge in [-0.25, -0.2) is 0 Å². The molecule has 6 heteroatoms. The normalized spacial score (nSPS) is 25.4. The number of nitrogens with zero attached hydrogens (tertiary/aromatic N) is 2. The Kier molecular flexibility index (Phi) is 5.94. The molecule has 0 aromatic heterocycles. The van der Waals surface area contributed by atoms with E-state index in [1.54, 1.807) is 17.8 Å². The fourth-order valence-corrected chi connectivity index (χ4v) is 4.36. The van der Waals surface area contributed by atoms with E-state index in [2.05, 4.69) is 31.5 Å². The lowest BCUT2D eigenvalue weighted by Crippen LogP contribution is -2.28. The van der Waals surface area contributed by atoms with Crippen molar-refractivity contribution in [2.45, 2.75) is 17.0 Å². The van der Waals surface area contributed by atoms with Gasteiger partial charge < -0.3 is 10.0 Å². The van der Waals surface area contributed by atoms with Gasteiger partial charge >= 0.3 is 0 Å². The number of phenolic OH excluding ortho intramolecular Hbond substituents is 1. The van der Waals surface area contributed by atoms with Crippen LogP contribution in [-0.2, 0) is 0 Å². The van der Waals surface area contributed by atoms with E-state index in [1.165, 1.54) is 0 Å². The maximum Gasteiger partial charge on any atom is 0.125 e. The molecule has 1 N–H and O–H groups in total. The molecule has 21 heavy (non-hydrogen) atoms. The van der Waals surface area contributed by atoms with Crippen LogP contribution in [0.1, 0.15) is 12.5 Å².